The van der Waals surface area contributed by atoms with Crippen molar-refractivity contribution in [1.82, 2.24) is 10.6 Å². The van der Waals surface area contributed by atoms with Crippen molar-refractivity contribution in [3.8, 4) is 5.75 Å². The van der Waals surface area contributed by atoms with E-state index in [0.717, 1.165) is 24.9 Å². The zero-order chi connectivity index (χ0) is 14.5. The Morgan fingerprint density at radius 3 is 2.95 bits per heavy atom. The molecule has 0 bridgehead atoms. The van der Waals surface area contributed by atoms with Gasteiger partial charge in [-0.25, -0.2) is 0 Å². The first kappa shape index (κ1) is 18.1. The topological polar surface area (TPSA) is 50.4 Å². The number of hydrogen-bond acceptors (Lipinski definition) is 3. The molecule has 6 heteroatoms. The van der Waals surface area contributed by atoms with Crippen molar-refractivity contribution in [2.24, 2.45) is 0 Å². The summed E-state index contributed by atoms with van der Waals surface area (Å²) in [5, 5.41) is 7.05. The van der Waals surface area contributed by atoms with Crippen molar-refractivity contribution in [1.29, 1.82) is 0 Å². The van der Waals surface area contributed by atoms with Crippen LogP contribution in [0.4, 0.5) is 0 Å². The van der Waals surface area contributed by atoms with Crippen LogP contribution in [0.2, 0.25) is 5.02 Å². The smallest absolute Gasteiger partial charge is 0.258 e. The largest absolute Gasteiger partial charge is 0.484 e. The van der Waals surface area contributed by atoms with Gasteiger partial charge >= 0.3 is 0 Å². The quantitative estimate of drug-likeness (QED) is 0.891. The van der Waals surface area contributed by atoms with Crippen LogP contribution in [0.25, 0.3) is 0 Å². The van der Waals surface area contributed by atoms with Crippen molar-refractivity contribution in [3.63, 3.8) is 0 Å². The number of amides is 1. The van der Waals surface area contributed by atoms with Crippen LogP contribution in [0.5, 0.6) is 5.75 Å². The Bertz CT molecular complexity index is 483. The lowest BCUT2D eigenvalue weighted by atomic mass is 10.0. The summed E-state index contributed by atoms with van der Waals surface area (Å²) in [4.78, 5) is 11.9. The van der Waals surface area contributed by atoms with Crippen molar-refractivity contribution >= 4 is 29.9 Å². The van der Waals surface area contributed by atoms with Gasteiger partial charge < -0.3 is 15.4 Å². The van der Waals surface area contributed by atoms with Gasteiger partial charge in [-0.05, 0) is 57.0 Å². The van der Waals surface area contributed by atoms with Crippen molar-refractivity contribution in [2.75, 3.05) is 13.2 Å². The maximum atomic E-state index is 11.9. The molecule has 1 aliphatic rings. The minimum atomic E-state index is -0.0709. The Morgan fingerprint density at radius 2 is 2.29 bits per heavy atom. The maximum Gasteiger partial charge on any atom is 0.258 e. The lowest BCUT2D eigenvalue weighted by molar-refractivity contribution is -0.124. The van der Waals surface area contributed by atoms with Crippen LogP contribution in [-0.2, 0) is 4.79 Å². The fourth-order valence-electron chi connectivity index (χ4n) is 2.45. The fourth-order valence-corrected chi connectivity index (χ4v) is 2.68. The molecular formula is C15H22Cl2N2O2. The van der Waals surface area contributed by atoms with E-state index in [1.54, 1.807) is 12.1 Å². The molecule has 1 fully saturated rings. The van der Waals surface area contributed by atoms with E-state index in [-0.39, 0.29) is 31.0 Å². The number of aryl methyl sites for hydroxylation is 1. The molecule has 1 aliphatic heterocycles. The molecule has 0 aliphatic carbocycles. The molecule has 2 rings (SSSR count). The first-order valence-corrected chi connectivity index (χ1v) is 7.34. The van der Waals surface area contributed by atoms with Gasteiger partial charge in [-0.1, -0.05) is 11.6 Å². The van der Waals surface area contributed by atoms with Crippen LogP contribution in [0.3, 0.4) is 0 Å². The Kier molecular flexibility index (Phi) is 7.29. The van der Waals surface area contributed by atoms with Crippen LogP contribution in [0.1, 0.15) is 25.3 Å². The molecule has 1 heterocycles. The summed E-state index contributed by atoms with van der Waals surface area (Å²) >= 11 is 5.88. The van der Waals surface area contributed by atoms with Gasteiger partial charge in [0.05, 0.1) is 0 Å². The van der Waals surface area contributed by atoms with Crippen molar-refractivity contribution in [3.05, 3.63) is 28.8 Å². The van der Waals surface area contributed by atoms with Gasteiger partial charge in [0.2, 0.25) is 0 Å². The van der Waals surface area contributed by atoms with Gasteiger partial charge in [0.1, 0.15) is 5.75 Å². The Morgan fingerprint density at radius 1 is 1.52 bits per heavy atom. The second kappa shape index (κ2) is 8.47. The first-order chi connectivity index (χ1) is 9.54. The van der Waals surface area contributed by atoms with E-state index in [1.807, 2.05) is 13.0 Å². The van der Waals surface area contributed by atoms with Crippen LogP contribution in [0, 0.1) is 6.92 Å². The number of nitrogens with one attached hydrogen (secondary N) is 2. The number of piperidine rings is 1. The monoisotopic (exact) mass is 332 g/mol. The molecule has 1 aromatic carbocycles. The molecule has 1 amide bonds. The van der Waals surface area contributed by atoms with Crippen molar-refractivity contribution < 1.29 is 9.53 Å². The molecule has 2 N–H and O–H groups in total. The SMILES string of the molecule is Cc1cc(Cl)ccc1OCC(=O)NC1CCNC(C)C1.Cl. The predicted molar refractivity (Wildman–Crippen MR) is 87.6 cm³/mol. The highest BCUT2D eigenvalue weighted by Gasteiger charge is 2.19. The Labute approximate surface area is 137 Å². The van der Waals surface area contributed by atoms with E-state index in [0.29, 0.717) is 16.8 Å². The highest BCUT2D eigenvalue weighted by atomic mass is 35.5. The standard InChI is InChI=1S/C15H21ClN2O2.ClH/c1-10-7-12(16)3-4-14(10)20-9-15(19)18-13-5-6-17-11(2)8-13;/h3-4,7,11,13,17H,5-6,8-9H2,1-2H3,(H,18,19);1H. The first-order valence-electron chi connectivity index (χ1n) is 6.96. The third-order valence-electron chi connectivity index (χ3n) is 3.48. The van der Waals surface area contributed by atoms with Gasteiger partial charge in [-0.3, -0.25) is 4.79 Å². The summed E-state index contributed by atoms with van der Waals surface area (Å²) in [6.07, 6.45) is 1.93. The summed E-state index contributed by atoms with van der Waals surface area (Å²) in [7, 11) is 0. The number of benzene rings is 1. The minimum absolute atomic E-state index is 0. The Balaban J connectivity index is 0.00000220. The fraction of sp³-hybridized carbons (Fsp3) is 0.533. The molecule has 2 unspecified atom stereocenters. The van der Waals surface area contributed by atoms with Crippen molar-refractivity contribution in [2.45, 2.75) is 38.8 Å². The number of halogens is 2. The van der Waals surface area contributed by atoms with Gasteiger partial charge in [-0.15, -0.1) is 12.4 Å². The van der Waals surface area contributed by atoms with E-state index in [4.69, 9.17) is 16.3 Å². The predicted octanol–water partition coefficient (Wildman–Crippen LogP) is 2.71. The Hall–Kier alpha value is -0.970. The summed E-state index contributed by atoms with van der Waals surface area (Å²) in [6, 6.07) is 6.07. The van der Waals surface area contributed by atoms with E-state index in [9.17, 15) is 4.79 Å². The maximum absolute atomic E-state index is 11.9. The highest BCUT2D eigenvalue weighted by Crippen LogP contribution is 2.21. The molecular weight excluding hydrogens is 311 g/mol. The van der Waals surface area contributed by atoms with Gasteiger partial charge in [0.15, 0.2) is 6.61 Å². The summed E-state index contributed by atoms with van der Waals surface area (Å²) in [5.41, 5.74) is 0.931. The molecule has 0 radical (unpaired) electrons. The average molecular weight is 333 g/mol. The number of rotatable bonds is 4. The molecule has 2 atom stereocenters. The lowest BCUT2D eigenvalue weighted by Crippen LogP contribution is -2.47. The summed E-state index contributed by atoms with van der Waals surface area (Å²) < 4.78 is 5.54. The van der Waals surface area contributed by atoms with Crippen LogP contribution < -0.4 is 15.4 Å². The summed E-state index contributed by atoms with van der Waals surface area (Å²) in [6.45, 7) is 5.03. The molecule has 1 saturated heterocycles. The van der Waals surface area contributed by atoms with Gasteiger partial charge in [0.25, 0.3) is 5.91 Å². The van der Waals surface area contributed by atoms with Gasteiger partial charge in [-0.2, -0.15) is 0 Å². The zero-order valence-corrected chi connectivity index (χ0v) is 13.9. The third-order valence-corrected chi connectivity index (χ3v) is 3.72. The molecule has 118 valence electrons. The van der Waals surface area contributed by atoms with Crippen LogP contribution in [-0.4, -0.2) is 31.1 Å². The molecule has 0 saturated carbocycles. The average Bonchev–Trinajstić information content (AvgIpc) is 2.37. The number of carbonyl (C=O) groups is 1. The van der Waals surface area contributed by atoms with E-state index in [2.05, 4.69) is 17.6 Å². The molecule has 4 nitrogen and oxygen atoms in total. The van der Waals surface area contributed by atoms with Crippen LogP contribution in [0.15, 0.2) is 18.2 Å². The minimum Gasteiger partial charge on any atom is -0.484 e. The third kappa shape index (κ3) is 5.73. The summed E-state index contributed by atoms with van der Waals surface area (Å²) in [5.74, 6) is 0.627. The van der Waals surface area contributed by atoms with E-state index in [1.165, 1.54) is 0 Å². The normalized spacial score (nSPS) is 21.3. The molecule has 1 aromatic rings. The second-order valence-electron chi connectivity index (χ2n) is 5.34. The molecule has 0 spiro atoms. The lowest BCUT2D eigenvalue weighted by Gasteiger charge is -2.28. The van der Waals surface area contributed by atoms with Crippen LogP contribution >= 0.6 is 24.0 Å². The molecule has 0 aromatic heterocycles. The number of ether oxygens (including phenoxy) is 1. The zero-order valence-electron chi connectivity index (χ0n) is 12.3. The highest BCUT2D eigenvalue weighted by molar-refractivity contribution is 6.30. The van der Waals surface area contributed by atoms with E-state index < -0.39 is 0 Å². The molecule has 21 heavy (non-hydrogen) atoms. The number of carbonyl (C=O) groups excluding carboxylic acids is 1. The second-order valence-corrected chi connectivity index (χ2v) is 5.78. The van der Waals surface area contributed by atoms with Gasteiger partial charge in [0, 0.05) is 17.1 Å². The van der Waals surface area contributed by atoms with E-state index >= 15 is 0 Å². The number of hydrogen-bond donors (Lipinski definition) is 2.